The number of aromatic nitrogens is 1. The molecular formula is C22H23NO4. The van der Waals surface area contributed by atoms with Crippen LogP contribution in [-0.2, 0) is 9.47 Å². The fourth-order valence-electron chi connectivity index (χ4n) is 3.39. The number of ether oxygens (including phenoxy) is 2. The SMILES string of the molecule is CCOC(=O)c1c(C(C)c2ccccc2)c2ccccc2n1C(=O)OCC. The summed E-state index contributed by atoms with van der Waals surface area (Å²) in [5, 5.41) is 0.838. The second kappa shape index (κ2) is 8.08. The molecule has 2 aromatic carbocycles. The van der Waals surface area contributed by atoms with Crippen molar-refractivity contribution in [1.29, 1.82) is 0 Å². The fraction of sp³-hybridized carbons (Fsp3) is 0.273. The highest BCUT2D eigenvalue weighted by Gasteiger charge is 2.30. The smallest absolute Gasteiger partial charge is 0.419 e. The van der Waals surface area contributed by atoms with Gasteiger partial charge in [0.1, 0.15) is 5.69 Å². The van der Waals surface area contributed by atoms with Crippen molar-refractivity contribution < 1.29 is 19.1 Å². The molecule has 0 aliphatic heterocycles. The summed E-state index contributed by atoms with van der Waals surface area (Å²) in [6.07, 6.45) is -0.580. The minimum absolute atomic E-state index is 0.105. The van der Waals surface area contributed by atoms with Crippen LogP contribution in [0.3, 0.4) is 0 Å². The maximum atomic E-state index is 12.8. The summed E-state index contributed by atoms with van der Waals surface area (Å²) in [6.45, 7) is 5.95. The predicted molar refractivity (Wildman–Crippen MR) is 104 cm³/mol. The van der Waals surface area contributed by atoms with Gasteiger partial charge in [-0.25, -0.2) is 14.2 Å². The van der Waals surface area contributed by atoms with Gasteiger partial charge < -0.3 is 9.47 Å². The number of esters is 1. The minimum Gasteiger partial charge on any atom is -0.461 e. The van der Waals surface area contributed by atoms with E-state index < -0.39 is 12.1 Å². The Morgan fingerprint density at radius 1 is 0.926 bits per heavy atom. The molecule has 5 nitrogen and oxygen atoms in total. The van der Waals surface area contributed by atoms with Gasteiger partial charge in [-0.1, -0.05) is 55.5 Å². The molecule has 1 atom stereocenters. The monoisotopic (exact) mass is 365 g/mol. The number of rotatable bonds is 5. The van der Waals surface area contributed by atoms with E-state index in [-0.39, 0.29) is 24.8 Å². The first-order valence-corrected chi connectivity index (χ1v) is 9.12. The molecule has 27 heavy (non-hydrogen) atoms. The van der Waals surface area contributed by atoms with Crippen molar-refractivity contribution in [2.24, 2.45) is 0 Å². The molecule has 0 bridgehead atoms. The maximum absolute atomic E-state index is 12.8. The standard InChI is InChI=1S/C22H23NO4/c1-4-26-21(24)20-19(15(3)16-11-7-6-8-12-16)17-13-9-10-14-18(17)23(20)22(25)27-5-2/h6-15H,4-5H2,1-3H3. The zero-order valence-corrected chi connectivity index (χ0v) is 15.8. The lowest BCUT2D eigenvalue weighted by atomic mass is 9.91. The van der Waals surface area contributed by atoms with Gasteiger partial charge in [-0.2, -0.15) is 0 Å². The molecule has 0 saturated heterocycles. The third-order valence-electron chi connectivity index (χ3n) is 4.57. The van der Waals surface area contributed by atoms with Gasteiger partial charge in [0.2, 0.25) is 0 Å². The average Bonchev–Trinajstić information content (AvgIpc) is 3.04. The Hall–Kier alpha value is -3.08. The van der Waals surface area contributed by atoms with Gasteiger partial charge in [-0.3, -0.25) is 0 Å². The Morgan fingerprint density at radius 3 is 2.22 bits per heavy atom. The number of benzene rings is 2. The Balaban J connectivity index is 2.32. The van der Waals surface area contributed by atoms with Gasteiger partial charge in [0.25, 0.3) is 0 Å². The van der Waals surface area contributed by atoms with E-state index in [1.54, 1.807) is 13.8 Å². The van der Waals surface area contributed by atoms with E-state index in [9.17, 15) is 9.59 Å². The van der Waals surface area contributed by atoms with E-state index in [1.807, 2.05) is 61.5 Å². The second-order valence-electron chi connectivity index (χ2n) is 6.17. The molecule has 1 aromatic heterocycles. The Bertz CT molecular complexity index is 959. The molecule has 0 saturated carbocycles. The van der Waals surface area contributed by atoms with E-state index in [1.165, 1.54) is 4.57 Å². The lowest BCUT2D eigenvalue weighted by Gasteiger charge is -2.15. The summed E-state index contributed by atoms with van der Waals surface area (Å²) in [5.41, 5.74) is 2.68. The van der Waals surface area contributed by atoms with Crippen LogP contribution in [0.25, 0.3) is 10.9 Å². The molecule has 3 aromatic rings. The first-order chi connectivity index (χ1) is 13.1. The third kappa shape index (κ3) is 3.45. The lowest BCUT2D eigenvalue weighted by molar-refractivity contribution is 0.0510. The molecular weight excluding hydrogens is 342 g/mol. The molecule has 0 aliphatic carbocycles. The van der Waals surface area contributed by atoms with E-state index >= 15 is 0 Å². The van der Waals surface area contributed by atoms with Crippen LogP contribution in [0.2, 0.25) is 0 Å². The van der Waals surface area contributed by atoms with E-state index in [2.05, 4.69) is 0 Å². The number of fused-ring (bicyclic) bond motifs is 1. The van der Waals surface area contributed by atoms with Gasteiger partial charge in [-0.15, -0.1) is 0 Å². The molecule has 5 heteroatoms. The fourth-order valence-corrected chi connectivity index (χ4v) is 3.39. The molecule has 0 aliphatic rings. The summed E-state index contributed by atoms with van der Waals surface area (Å²) >= 11 is 0. The van der Waals surface area contributed by atoms with E-state index in [0.29, 0.717) is 5.52 Å². The van der Waals surface area contributed by atoms with Crippen molar-refractivity contribution in [3.63, 3.8) is 0 Å². The van der Waals surface area contributed by atoms with Crippen molar-refractivity contribution in [2.75, 3.05) is 13.2 Å². The molecule has 0 fully saturated rings. The van der Waals surface area contributed by atoms with Gasteiger partial charge in [0.05, 0.1) is 18.7 Å². The van der Waals surface area contributed by atoms with Gasteiger partial charge in [0.15, 0.2) is 0 Å². The summed E-state index contributed by atoms with van der Waals surface area (Å²) in [5.74, 6) is -0.634. The number of nitrogens with zero attached hydrogens (tertiary/aromatic N) is 1. The number of hydrogen-bond donors (Lipinski definition) is 0. The largest absolute Gasteiger partial charge is 0.461 e. The summed E-state index contributed by atoms with van der Waals surface area (Å²) < 4.78 is 11.8. The van der Waals surface area contributed by atoms with Crippen molar-refractivity contribution >= 4 is 23.0 Å². The van der Waals surface area contributed by atoms with E-state index in [0.717, 1.165) is 16.5 Å². The van der Waals surface area contributed by atoms with Crippen LogP contribution in [-0.4, -0.2) is 29.8 Å². The number of carbonyl (C=O) groups excluding carboxylic acids is 2. The zero-order valence-electron chi connectivity index (χ0n) is 15.8. The minimum atomic E-state index is -0.580. The van der Waals surface area contributed by atoms with Crippen LogP contribution in [0.4, 0.5) is 4.79 Å². The molecule has 3 rings (SSSR count). The number of para-hydroxylation sites is 1. The summed E-state index contributed by atoms with van der Waals surface area (Å²) in [4.78, 5) is 25.5. The van der Waals surface area contributed by atoms with Crippen molar-refractivity contribution in [2.45, 2.75) is 26.7 Å². The third-order valence-corrected chi connectivity index (χ3v) is 4.57. The average molecular weight is 365 g/mol. The Labute approximate surface area is 158 Å². The van der Waals surface area contributed by atoms with Crippen LogP contribution < -0.4 is 0 Å². The molecule has 0 radical (unpaired) electrons. The van der Waals surface area contributed by atoms with Crippen LogP contribution in [0.15, 0.2) is 54.6 Å². The quantitative estimate of drug-likeness (QED) is 0.599. The molecule has 140 valence electrons. The van der Waals surface area contributed by atoms with Crippen LogP contribution in [0, 0.1) is 0 Å². The molecule has 1 unspecified atom stereocenters. The van der Waals surface area contributed by atoms with Gasteiger partial charge in [0, 0.05) is 16.9 Å². The van der Waals surface area contributed by atoms with Crippen LogP contribution in [0.1, 0.15) is 48.3 Å². The van der Waals surface area contributed by atoms with Crippen molar-refractivity contribution in [3.8, 4) is 0 Å². The molecule has 0 spiro atoms. The van der Waals surface area contributed by atoms with Gasteiger partial charge >= 0.3 is 12.1 Å². The highest BCUT2D eigenvalue weighted by Crippen LogP contribution is 2.36. The summed E-state index contributed by atoms with van der Waals surface area (Å²) in [7, 11) is 0. The number of carbonyl (C=O) groups is 2. The molecule has 1 heterocycles. The summed E-state index contributed by atoms with van der Waals surface area (Å²) in [6, 6.07) is 17.4. The maximum Gasteiger partial charge on any atom is 0.419 e. The highest BCUT2D eigenvalue weighted by atomic mass is 16.6. The second-order valence-corrected chi connectivity index (χ2v) is 6.17. The Morgan fingerprint density at radius 2 is 1.56 bits per heavy atom. The van der Waals surface area contributed by atoms with Crippen LogP contribution >= 0.6 is 0 Å². The van der Waals surface area contributed by atoms with Crippen molar-refractivity contribution in [1.82, 2.24) is 4.57 Å². The first kappa shape index (κ1) is 18.7. The van der Waals surface area contributed by atoms with Gasteiger partial charge in [-0.05, 0) is 25.5 Å². The molecule has 0 amide bonds. The lowest BCUT2D eigenvalue weighted by Crippen LogP contribution is -2.21. The normalized spacial score (nSPS) is 12.0. The highest BCUT2D eigenvalue weighted by molar-refractivity contribution is 6.05. The topological polar surface area (TPSA) is 57.5 Å². The van der Waals surface area contributed by atoms with Crippen molar-refractivity contribution in [3.05, 3.63) is 71.4 Å². The van der Waals surface area contributed by atoms with E-state index in [4.69, 9.17) is 9.47 Å². The first-order valence-electron chi connectivity index (χ1n) is 9.12. The Kier molecular flexibility index (Phi) is 5.60. The van der Waals surface area contributed by atoms with Crippen LogP contribution in [0.5, 0.6) is 0 Å². The zero-order chi connectivity index (χ0) is 19.4. The predicted octanol–water partition coefficient (Wildman–Crippen LogP) is 4.97. The molecule has 0 N–H and O–H groups in total. The number of hydrogen-bond acceptors (Lipinski definition) is 4.